The number of rotatable bonds is 5. The molecule has 0 aliphatic heterocycles. The van der Waals surface area contributed by atoms with E-state index in [1.54, 1.807) is 6.07 Å². The number of non-ortho nitro benzene ring substituents is 1. The zero-order chi connectivity index (χ0) is 18.4. The Balaban J connectivity index is 1.92. The molecule has 130 valence electrons. The number of nitro groups is 1. The maximum atomic E-state index is 12.4. The fourth-order valence-electron chi connectivity index (χ4n) is 1.91. The third-order valence-corrected chi connectivity index (χ3v) is 3.15. The number of esters is 1. The minimum absolute atomic E-state index is 0.117. The fraction of sp³-hybridized carbons (Fsp3) is 0.118. The Labute approximate surface area is 140 Å². The van der Waals surface area contributed by atoms with Crippen molar-refractivity contribution in [2.24, 2.45) is 0 Å². The summed E-state index contributed by atoms with van der Waals surface area (Å²) in [7, 11) is 0. The lowest BCUT2D eigenvalue weighted by atomic mass is 10.1. The summed E-state index contributed by atoms with van der Waals surface area (Å²) < 4.78 is 42.3. The molecule has 2 aromatic carbocycles. The SMILES string of the molecule is O=C(/C=C/c1ccc(C(F)(F)F)cc1)OCc1cccc([N+](=O)[O-])c1. The molecule has 0 fully saturated rings. The van der Waals surface area contributed by atoms with E-state index in [4.69, 9.17) is 4.74 Å². The van der Waals surface area contributed by atoms with Crippen molar-refractivity contribution in [1.82, 2.24) is 0 Å². The van der Waals surface area contributed by atoms with Crippen LogP contribution in [0.25, 0.3) is 6.08 Å². The second kappa shape index (κ2) is 7.61. The van der Waals surface area contributed by atoms with E-state index in [1.165, 1.54) is 36.4 Å². The highest BCUT2D eigenvalue weighted by atomic mass is 19.4. The smallest absolute Gasteiger partial charge is 0.416 e. The van der Waals surface area contributed by atoms with Gasteiger partial charge in [0.15, 0.2) is 0 Å². The predicted molar refractivity (Wildman–Crippen MR) is 83.4 cm³/mol. The van der Waals surface area contributed by atoms with Gasteiger partial charge in [0, 0.05) is 18.2 Å². The van der Waals surface area contributed by atoms with Crippen LogP contribution in [-0.2, 0) is 22.3 Å². The van der Waals surface area contributed by atoms with Crippen LogP contribution >= 0.6 is 0 Å². The Kier molecular flexibility index (Phi) is 5.53. The summed E-state index contributed by atoms with van der Waals surface area (Å²) in [5, 5.41) is 10.7. The molecule has 0 saturated heterocycles. The van der Waals surface area contributed by atoms with Crippen LogP contribution in [0, 0.1) is 10.1 Å². The minimum atomic E-state index is -4.42. The molecule has 0 bridgehead atoms. The number of nitrogens with zero attached hydrogens (tertiary/aromatic N) is 1. The molecule has 8 heteroatoms. The highest BCUT2D eigenvalue weighted by Crippen LogP contribution is 2.29. The van der Waals surface area contributed by atoms with Gasteiger partial charge in [0.2, 0.25) is 0 Å². The summed E-state index contributed by atoms with van der Waals surface area (Å²) in [5.74, 6) is -0.716. The number of carbonyl (C=O) groups excluding carboxylic acids is 1. The van der Waals surface area contributed by atoms with E-state index in [9.17, 15) is 28.1 Å². The first kappa shape index (κ1) is 18.2. The number of carbonyl (C=O) groups is 1. The minimum Gasteiger partial charge on any atom is -0.458 e. The van der Waals surface area contributed by atoms with Crippen molar-refractivity contribution in [3.05, 3.63) is 81.4 Å². The first-order valence-corrected chi connectivity index (χ1v) is 7.01. The molecule has 2 rings (SSSR count). The molecule has 0 saturated carbocycles. The maximum Gasteiger partial charge on any atom is 0.416 e. The van der Waals surface area contributed by atoms with Gasteiger partial charge in [-0.15, -0.1) is 0 Å². The van der Waals surface area contributed by atoms with E-state index < -0.39 is 22.6 Å². The fourth-order valence-corrected chi connectivity index (χ4v) is 1.91. The molecule has 0 spiro atoms. The molecule has 5 nitrogen and oxygen atoms in total. The molecule has 0 aliphatic rings. The Morgan fingerprint density at radius 2 is 1.84 bits per heavy atom. The van der Waals surface area contributed by atoms with Crippen molar-refractivity contribution in [2.45, 2.75) is 12.8 Å². The van der Waals surface area contributed by atoms with Crippen molar-refractivity contribution in [3.8, 4) is 0 Å². The molecular weight excluding hydrogens is 339 g/mol. The van der Waals surface area contributed by atoms with Crippen LogP contribution in [0.15, 0.2) is 54.6 Å². The predicted octanol–water partition coefficient (Wildman–Crippen LogP) is 4.37. The number of ether oxygens (including phenoxy) is 1. The summed E-state index contributed by atoms with van der Waals surface area (Å²) in [6.45, 7) is -0.155. The Bertz CT molecular complexity index is 798. The van der Waals surface area contributed by atoms with Gasteiger partial charge in [-0.1, -0.05) is 24.3 Å². The van der Waals surface area contributed by atoms with Crippen molar-refractivity contribution in [1.29, 1.82) is 0 Å². The van der Waals surface area contributed by atoms with Crippen LogP contribution < -0.4 is 0 Å². The lowest BCUT2D eigenvalue weighted by molar-refractivity contribution is -0.384. The van der Waals surface area contributed by atoms with Crippen LogP contribution in [0.1, 0.15) is 16.7 Å². The summed E-state index contributed by atoms with van der Waals surface area (Å²) in [6.07, 6.45) is -2.03. The molecule has 0 amide bonds. The normalized spacial score (nSPS) is 11.5. The molecule has 0 atom stereocenters. The monoisotopic (exact) mass is 351 g/mol. The number of alkyl halides is 3. The van der Waals surface area contributed by atoms with Crippen LogP contribution in [0.3, 0.4) is 0 Å². The lowest BCUT2D eigenvalue weighted by Crippen LogP contribution is -2.04. The molecular formula is C17H12F3NO4. The average Bonchev–Trinajstić information content (AvgIpc) is 2.58. The molecule has 0 aliphatic carbocycles. The molecule has 2 aromatic rings. The number of nitro benzene ring substituents is 1. The van der Waals surface area contributed by atoms with Crippen molar-refractivity contribution >= 4 is 17.7 Å². The lowest BCUT2D eigenvalue weighted by Gasteiger charge is -2.06. The highest BCUT2D eigenvalue weighted by molar-refractivity contribution is 5.87. The van der Waals surface area contributed by atoms with Crippen LogP contribution in [0.2, 0.25) is 0 Å². The first-order chi connectivity index (χ1) is 11.8. The van der Waals surface area contributed by atoms with Crippen molar-refractivity contribution < 1.29 is 27.6 Å². The summed E-state index contributed by atoms with van der Waals surface area (Å²) >= 11 is 0. The highest BCUT2D eigenvalue weighted by Gasteiger charge is 2.29. The second-order valence-corrected chi connectivity index (χ2v) is 4.99. The molecule has 0 unspecified atom stereocenters. The Hall–Kier alpha value is -3.16. The second-order valence-electron chi connectivity index (χ2n) is 4.99. The van der Waals surface area contributed by atoms with E-state index >= 15 is 0 Å². The molecule has 0 heterocycles. The van der Waals surface area contributed by atoms with E-state index in [-0.39, 0.29) is 12.3 Å². The number of hydrogen-bond donors (Lipinski definition) is 0. The van der Waals surface area contributed by atoms with Gasteiger partial charge in [-0.3, -0.25) is 10.1 Å². The van der Waals surface area contributed by atoms with Gasteiger partial charge in [0.1, 0.15) is 6.61 Å². The molecule has 0 radical (unpaired) electrons. The van der Waals surface area contributed by atoms with Crippen molar-refractivity contribution in [2.75, 3.05) is 0 Å². The van der Waals surface area contributed by atoms with Gasteiger partial charge < -0.3 is 4.74 Å². The van der Waals surface area contributed by atoms with Crippen LogP contribution in [-0.4, -0.2) is 10.9 Å². The molecule has 0 aromatic heterocycles. The number of hydrogen-bond acceptors (Lipinski definition) is 4. The van der Waals surface area contributed by atoms with Gasteiger partial charge in [0.25, 0.3) is 5.69 Å². The quantitative estimate of drug-likeness (QED) is 0.347. The number of halogens is 3. The van der Waals surface area contributed by atoms with Gasteiger partial charge >= 0.3 is 12.1 Å². The zero-order valence-corrected chi connectivity index (χ0v) is 12.7. The maximum absolute atomic E-state index is 12.4. The van der Waals surface area contributed by atoms with E-state index in [2.05, 4.69) is 0 Å². The molecule has 0 N–H and O–H groups in total. The Morgan fingerprint density at radius 3 is 2.44 bits per heavy atom. The van der Waals surface area contributed by atoms with Crippen molar-refractivity contribution in [3.63, 3.8) is 0 Å². The number of benzene rings is 2. The zero-order valence-electron chi connectivity index (χ0n) is 12.7. The van der Waals surface area contributed by atoms with Gasteiger partial charge in [-0.25, -0.2) is 4.79 Å². The summed E-state index contributed by atoms with van der Waals surface area (Å²) in [5.41, 5.74) is -0.0440. The largest absolute Gasteiger partial charge is 0.458 e. The summed E-state index contributed by atoms with van der Waals surface area (Å²) in [6, 6.07) is 9.92. The average molecular weight is 351 g/mol. The van der Waals surface area contributed by atoms with Crippen LogP contribution in [0.5, 0.6) is 0 Å². The van der Waals surface area contributed by atoms with Gasteiger partial charge in [0.05, 0.1) is 10.5 Å². The standard InChI is InChI=1S/C17H12F3NO4/c18-17(19,20)14-7-4-12(5-8-14)6-9-16(22)25-11-13-2-1-3-15(10-13)21(23)24/h1-10H,11H2/b9-6+. The third-order valence-electron chi connectivity index (χ3n) is 3.15. The van der Waals surface area contributed by atoms with Gasteiger partial charge in [-0.05, 0) is 29.3 Å². The first-order valence-electron chi connectivity index (χ1n) is 7.01. The summed E-state index contributed by atoms with van der Waals surface area (Å²) in [4.78, 5) is 21.7. The topological polar surface area (TPSA) is 69.4 Å². The Morgan fingerprint density at radius 1 is 1.16 bits per heavy atom. The molecule has 25 heavy (non-hydrogen) atoms. The van der Waals surface area contributed by atoms with Gasteiger partial charge in [-0.2, -0.15) is 13.2 Å². The third kappa shape index (κ3) is 5.45. The van der Waals surface area contributed by atoms with E-state index in [1.807, 2.05) is 0 Å². The van der Waals surface area contributed by atoms with Crippen LogP contribution in [0.4, 0.5) is 18.9 Å². The van der Waals surface area contributed by atoms with E-state index in [0.717, 1.165) is 18.2 Å². The van der Waals surface area contributed by atoms with E-state index in [0.29, 0.717) is 11.1 Å².